The molecule has 1 amide bonds. The van der Waals surface area contributed by atoms with Gasteiger partial charge in [-0.15, -0.1) is 0 Å². The van der Waals surface area contributed by atoms with Gasteiger partial charge in [-0.25, -0.2) is 0 Å². The third-order valence-electron chi connectivity index (χ3n) is 2.06. The molecule has 0 fully saturated rings. The van der Waals surface area contributed by atoms with E-state index >= 15 is 0 Å². The average Bonchev–Trinajstić information content (AvgIpc) is 2.12. The van der Waals surface area contributed by atoms with Crippen LogP contribution < -0.4 is 5.32 Å². The van der Waals surface area contributed by atoms with E-state index < -0.39 is 0 Å². The molecule has 0 aliphatic rings. The molecule has 0 aromatic heterocycles. The third-order valence-corrected chi connectivity index (χ3v) is 2.06. The molecule has 0 aromatic rings. The molecule has 5 nitrogen and oxygen atoms in total. The predicted molar refractivity (Wildman–Crippen MR) is 51.1 cm³/mol. The molecule has 0 saturated heterocycles. The molecule has 13 heavy (non-hydrogen) atoms. The Bertz CT molecular complexity index is 218. The Kier molecular flexibility index (Phi) is 4.92. The molecule has 0 atom stereocenters. The normalized spacial score (nSPS) is 10.4. The van der Waals surface area contributed by atoms with Gasteiger partial charge in [0.25, 0.3) is 0 Å². The molecule has 0 aliphatic carbocycles. The standard InChI is InChI=1S/C8H16N4O/c1-4-8(2,3)7(13)10-5-6-11-12-9/h4-6H2,1-3H3,(H,10,13). The van der Waals surface area contributed by atoms with Gasteiger partial charge in [0.1, 0.15) is 0 Å². The first-order valence-electron chi connectivity index (χ1n) is 4.33. The molecule has 0 unspecified atom stereocenters. The van der Waals surface area contributed by atoms with Crippen LogP contribution >= 0.6 is 0 Å². The summed E-state index contributed by atoms with van der Waals surface area (Å²) in [5.41, 5.74) is 7.65. The SMILES string of the molecule is CCC(C)(C)C(=O)NCCN=[N+]=[N-]. The minimum Gasteiger partial charge on any atom is -0.356 e. The van der Waals surface area contributed by atoms with Crippen molar-refractivity contribution in [2.45, 2.75) is 27.2 Å². The van der Waals surface area contributed by atoms with Gasteiger partial charge in [0.15, 0.2) is 0 Å². The zero-order valence-electron chi connectivity index (χ0n) is 8.37. The molecule has 0 spiro atoms. The molecular formula is C8H16N4O. The van der Waals surface area contributed by atoms with Crippen LogP contribution in [-0.2, 0) is 4.79 Å². The number of carbonyl (C=O) groups is 1. The molecule has 74 valence electrons. The highest BCUT2D eigenvalue weighted by molar-refractivity contribution is 5.81. The van der Waals surface area contributed by atoms with E-state index in [0.29, 0.717) is 13.1 Å². The highest BCUT2D eigenvalue weighted by Gasteiger charge is 2.24. The molecule has 0 aliphatic heterocycles. The van der Waals surface area contributed by atoms with Crippen LogP contribution in [-0.4, -0.2) is 19.0 Å². The molecular weight excluding hydrogens is 168 g/mol. The Hall–Kier alpha value is -1.22. The first-order valence-corrected chi connectivity index (χ1v) is 4.33. The Morgan fingerprint density at radius 3 is 2.69 bits per heavy atom. The average molecular weight is 184 g/mol. The Morgan fingerprint density at radius 2 is 2.23 bits per heavy atom. The fourth-order valence-electron chi connectivity index (χ4n) is 0.664. The lowest BCUT2D eigenvalue weighted by molar-refractivity contribution is -0.129. The Morgan fingerprint density at radius 1 is 1.62 bits per heavy atom. The number of nitrogens with zero attached hydrogens (tertiary/aromatic N) is 3. The number of amides is 1. The summed E-state index contributed by atoms with van der Waals surface area (Å²) in [4.78, 5) is 14.0. The quantitative estimate of drug-likeness (QED) is 0.301. The van der Waals surface area contributed by atoms with E-state index in [9.17, 15) is 4.79 Å². The van der Waals surface area contributed by atoms with E-state index in [-0.39, 0.29) is 11.3 Å². The minimum atomic E-state index is -0.337. The number of rotatable bonds is 5. The number of nitrogens with one attached hydrogen (secondary N) is 1. The van der Waals surface area contributed by atoms with Gasteiger partial charge < -0.3 is 5.32 Å². The summed E-state index contributed by atoms with van der Waals surface area (Å²) < 4.78 is 0. The molecule has 0 bridgehead atoms. The van der Waals surface area contributed by atoms with Crippen molar-refractivity contribution in [1.82, 2.24) is 5.32 Å². The van der Waals surface area contributed by atoms with E-state index in [1.165, 1.54) is 0 Å². The van der Waals surface area contributed by atoms with Gasteiger partial charge in [-0.2, -0.15) is 0 Å². The van der Waals surface area contributed by atoms with Gasteiger partial charge in [-0.3, -0.25) is 4.79 Å². The summed E-state index contributed by atoms with van der Waals surface area (Å²) >= 11 is 0. The Labute approximate surface area is 78.1 Å². The van der Waals surface area contributed by atoms with Crippen molar-refractivity contribution in [3.05, 3.63) is 10.4 Å². The van der Waals surface area contributed by atoms with E-state index in [0.717, 1.165) is 6.42 Å². The van der Waals surface area contributed by atoms with Gasteiger partial charge in [-0.1, -0.05) is 25.9 Å². The number of hydrogen-bond donors (Lipinski definition) is 1. The summed E-state index contributed by atoms with van der Waals surface area (Å²) in [5, 5.41) is 6.02. The smallest absolute Gasteiger partial charge is 0.225 e. The van der Waals surface area contributed by atoms with Crippen LogP contribution in [0.15, 0.2) is 5.11 Å². The van der Waals surface area contributed by atoms with Crippen LogP contribution in [0, 0.1) is 5.41 Å². The van der Waals surface area contributed by atoms with Crippen molar-refractivity contribution in [2.75, 3.05) is 13.1 Å². The van der Waals surface area contributed by atoms with Crippen molar-refractivity contribution in [2.24, 2.45) is 10.5 Å². The Balaban J connectivity index is 3.81. The van der Waals surface area contributed by atoms with Crippen LogP contribution in [0.4, 0.5) is 0 Å². The maximum Gasteiger partial charge on any atom is 0.225 e. The van der Waals surface area contributed by atoms with Crippen LogP contribution in [0.5, 0.6) is 0 Å². The van der Waals surface area contributed by atoms with Crippen LogP contribution in [0.3, 0.4) is 0 Å². The van der Waals surface area contributed by atoms with Crippen molar-refractivity contribution in [3.63, 3.8) is 0 Å². The highest BCUT2D eigenvalue weighted by Crippen LogP contribution is 2.18. The predicted octanol–water partition coefficient (Wildman–Crippen LogP) is 1.85. The summed E-state index contributed by atoms with van der Waals surface area (Å²) in [6.45, 7) is 6.45. The van der Waals surface area contributed by atoms with Crippen molar-refractivity contribution < 1.29 is 4.79 Å². The first-order chi connectivity index (χ1) is 6.04. The van der Waals surface area contributed by atoms with Crippen LogP contribution in [0.25, 0.3) is 10.4 Å². The molecule has 1 N–H and O–H groups in total. The van der Waals surface area contributed by atoms with Gasteiger partial charge >= 0.3 is 0 Å². The maximum atomic E-state index is 11.4. The molecule has 0 saturated carbocycles. The topological polar surface area (TPSA) is 77.9 Å². The number of hydrogen-bond acceptors (Lipinski definition) is 2. The van der Waals surface area contributed by atoms with E-state index in [2.05, 4.69) is 15.3 Å². The highest BCUT2D eigenvalue weighted by atomic mass is 16.2. The molecule has 5 heteroatoms. The van der Waals surface area contributed by atoms with Crippen LogP contribution in [0.1, 0.15) is 27.2 Å². The molecule has 0 radical (unpaired) electrons. The van der Waals surface area contributed by atoms with E-state index in [1.807, 2.05) is 20.8 Å². The summed E-state index contributed by atoms with van der Waals surface area (Å²) in [6, 6.07) is 0. The maximum absolute atomic E-state index is 11.4. The van der Waals surface area contributed by atoms with Crippen molar-refractivity contribution >= 4 is 5.91 Å². The van der Waals surface area contributed by atoms with Gasteiger partial charge in [0, 0.05) is 23.4 Å². The van der Waals surface area contributed by atoms with Gasteiger partial charge in [0.2, 0.25) is 5.91 Å². The van der Waals surface area contributed by atoms with E-state index in [4.69, 9.17) is 5.53 Å². The van der Waals surface area contributed by atoms with E-state index in [1.54, 1.807) is 0 Å². The van der Waals surface area contributed by atoms with Crippen LogP contribution in [0.2, 0.25) is 0 Å². The van der Waals surface area contributed by atoms with Gasteiger partial charge in [0.05, 0.1) is 0 Å². The third kappa shape index (κ3) is 4.38. The molecule has 0 heterocycles. The zero-order chi connectivity index (χ0) is 10.3. The second-order valence-electron chi connectivity index (χ2n) is 3.45. The fraction of sp³-hybridized carbons (Fsp3) is 0.875. The lowest BCUT2D eigenvalue weighted by atomic mass is 9.89. The number of azide groups is 1. The largest absolute Gasteiger partial charge is 0.356 e. The fourth-order valence-corrected chi connectivity index (χ4v) is 0.664. The summed E-state index contributed by atoms with van der Waals surface area (Å²) in [6.07, 6.45) is 0.792. The summed E-state index contributed by atoms with van der Waals surface area (Å²) in [5.74, 6) is 0.00291. The van der Waals surface area contributed by atoms with Crippen molar-refractivity contribution in [1.29, 1.82) is 0 Å². The van der Waals surface area contributed by atoms with Crippen molar-refractivity contribution in [3.8, 4) is 0 Å². The second kappa shape index (κ2) is 5.43. The lowest BCUT2D eigenvalue weighted by Crippen LogP contribution is -2.37. The second-order valence-corrected chi connectivity index (χ2v) is 3.45. The minimum absolute atomic E-state index is 0.00291. The first kappa shape index (κ1) is 11.8. The number of carbonyl (C=O) groups excluding carboxylic acids is 1. The molecule has 0 aromatic carbocycles. The monoisotopic (exact) mass is 184 g/mol. The zero-order valence-corrected chi connectivity index (χ0v) is 8.37. The lowest BCUT2D eigenvalue weighted by Gasteiger charge is -2.20. The van der Waals surface area contributed by atoms with Gasteiger partial charge in [-0.05, 0) is 12.0 Å². The summed E-state index contributed by atoms with van der Waals surface area (Å²) in [7, 11) is 0. The molecule has 0 rings (SSSR count).